The molecule has 0 saturated heterocycles. The van der Waals surface area contributed by atoms with Crippen molar-refractivity contribution in [1.29, 1.82) is 0 Å². The van der Waals surface area contributed by atoms with E-state index in [9.17, 15) is 4.79 Å². The minimum atomic E-state index is 0.147. The monoisotopic (exact) mass is 240 g/mol. The van der Waals surface area contributed by atoms with Crippen LogP contribution in [0.4, 0.5) is 0 Å². The number of carbonyl (C=O) groups excluding carboxylic acids is 1. The third-order valence-corrected chi connectivity index (χ3v) is 3.36. The molecule has 18 heavy (non-hydrogen) atoms. The molecule has 0 unspecified atom stereocenters. The summed E-state index contributed by atoms with van der Waals surface area (Å²) in [5.41, 5.74) is 1.65. The number of aromatic nitrogens is 1. The molecule has 0 aliphatic heterocycles. The Hall–Kier alpha value is -1.74. The third kappa shape index (κ3) is 2.41. The number of rotatable bonds is 5. The summed E-state index contributed by atoms with van der Waals surface area (Å²) in [6, 6.07) is 9.53. The number of hydrogen-bond donors (Lipinski definition) is 1. The highest BCUT2D eigenvalue weighted by molar-refractivity contribution is 6.08. The average molecular weight is 240 g/mol. The van der Waals surface area contributed by atoms with Crippen molar-refractivity contribution in [2.75, 3.05) is 13.1 Å². The van der Waals surface area contributed by atoms with Crippen LogP contribution in [0.5, 0.6) is 0 Å². The van der Waals surface area contributed by atoms with Crippen LogP contribution in [-0.2, 0) is 0 Å². The van der Waals surface area contributed by atoms with Crippen LogP contribution in [0.1, 0.15) is 23.2 Å². The van der Waals surface area contributed by atoms with Crippen LogP contribution in [-0.4, -0.2) is 23.9 Å². The number of carbonyl (C=O) groups is 1. The van der Waals surface area contributed by atoms with Gasteiger partial charge in [0.25, 0.3) is 0 Å². The Kier molecular flexibility index (Phi) is 3.07. The second-order valence-electron chi connectivity index (χ2n) is 4.87. The summed E-state index contributed by atoms with van der Waals surface area (Å²) in [6.07, 6.45) is 4.36. The van der Waals surface area contributed by atoms with Crippen LogP contribution >= 0.6 is 0 Å². The maximum Gasteiger partial charge on any atom is 0.177 e. The second kappa shape index (κ2) is 4.86. The molecule has 1 aromatic heterocycles. The zero-order valence-electron chi connectivity index (χ0n) is 10.2. The number of ketones is 1. The molecule has 1 aliphatic carbocycles. The van der Waals surface area contributed by atoms with E-state index in [4.69, 9.17) is 0 Å². The molecule has 0 bridgehead atoms. The van der Waals surface area contributed by atoms with Gasteiger partial charge in [-0.1, -0.05) is 18.2 Å². The molecule has 1 aliphatic rings. The molecule has 0 radical (unpaired) electrons. The topological polar surface area (TPSA) is 42.0 Å². The molecule has 2 aromatic rings. The van der Waals surface area contributed by atoms with Crippen molar-refractivity contribution in [3.8, 4) is 0 Å². The Morgan fingerprint density at radius 1 is 1.28 bits per heavy atom. The van der Waals surface area contributed by atoms with Gasteiger partial charge in [-0.25, -0.2) is 0 Å². The van der Waals surface area contributed by atoms with Gasteiger partial charge >= 0.3 is 0 Å². The van der Waals surface area contributed by atoms with Crippen molar-refractivity contribution in [2.45, 2.75) is 12.8 Å². The summed E-state index contributed by atoms with van der Waals surface area (Å²) in [5.74, 6) is 0.946. The lowest BCUT2D eigenvalue weighted by atomic mass is 10.0. The number of benzene rings is 1. The van der Waals surface area contributed by atoms with Gasteiger partial charge in [-0.15, -0.1) is 0 Å². The van der Waals surface area contributed by atoms with Gasteiger partial charge < -0.3 is 5.32 Å². The van der Waals surface area contributed by atoms with Gasteiger partial charge in [-0.3, -0.25) is 9.78 Å². The largest absolute Gasteiger partial charge is 0.309 e. The average Bonchev–Trinajstić information content (AvgIpc) is 3.22. The van der Waals surface area contributed by atoms with Crippen LogP contribution in [0.15, 0.2) is 36.5 Å². The molecule has 1 aromatic carbocycles. The van der Waals surface area contributed by atoms with E-state index in [1.807, 2.05) is 30.3 Å². The van der Waals surface area contributed by atoms with Gasteiger partial charge in [0.15, 0.2) is 5.78 Å². The Morgan fingerprint density at radius 3 is 3.00 bits per heavy atom. The normalized spacial score (nSPS) is 14.9. The van der Waals surface area contributed by atoms with E-state index >= 15 is 0 Å². The minimum Gasteiger partial charge on any atom is -0.309 e. The Morgan fingerprint density at radius 2 is 2.17 bits per heavy atom. The van der Waals surface area contributed by atoms with Crippen LogP contribution in [0.25, 0.3) is 10.9 Å². The van der Waals surface area contributed by atoms with Crippen molar-refractivity contribution in [1.82, 2.24) is 10.3 Å². The number of nitrogens with zero attached hydrogens (tertiary/aromatic N) is 1. The Balaban J connectivity index is 1.77. The summed E-state index contributed by atoms with van der Waals surface area (Å²) in [6.45, 7) is 1.39. The number of hydrogen-bond acceptors (Lipinski definition) is 3. The van der Waals surface area contributed by atoms with Gasteiger partial charge in [0.1, 0.15) is 0 Å². The fraction of sp³-hybridized carbons (Fsp3) is 0.333. The SMILES string of the molecule is O=C(CNCC1CC1)c1cccc2ncccc12. The summed E-state index contributed by atoms with van der Waals surface area (Å²) in [4.78, 5) is 16.4. The molecule has 1 fully saturated rings. The third-order valence-electron chi connectivity index (χ3n) is 3.36. The number of nitrogens with one attached hydrogen (secondary N) is 1. The molecule has 3 rings (SSSR count). The van der Waals surface area contributed by atoms with Crippen LogP contribution in [0.2, 0.25) is 0 Å². The van der Waals surface area contributed by atoms with E-state index < -0.39 is 0 Å². The van der Waals surface area contributed by atoms with Crippen molar-refractivity contribution >= 4 is 16.7 Å². The Labute approximate surface area is 106 Å². The maximum atomic E-state index is 12.2. The van der Waals surface area contributed by atoms with Crippen molar-refractivity contribution in [3.63, 3.8) is 0 Å². The van der Waals surface area contributed by atoms with Crippen molar-refractivity contribution in [2.24, 2.45) is 5.92 Å². The van der Waals surface area contributed by atoms with Crippen LogP contribution in [0, 0.1) is 5.92 Å². The molecule has 0 amide bonds. The lowest BCUT2D eigenvalue weighted by molar-refractivity contribution is 0.0992. The first-order valence-electron chi connectivity index (χ1n) is 6.42. The molecule has 3 heteroatoms. The molecule has 1 N–H and O–H groups in total. The molecule has 1 heterocycles. The summed E-state index contributed by atoms with van der Waals surface area (Å²) >= 11 is 0. The fourth-order valence-electron chi connectivity index (χ4n) is 2.15. The quantitative estimate of drug-likeness (QED) is 0.816. The highest BCUT2D eigenvalue weighted by atomic mass is 16.1. The molecular formula is C15H16N2O. The molecule has 0 spiro atoms. The lowest BCUT2D eigenvalue weighted by Gasteiger charge is -2.06. The molecule has 92 valence electrons. The lowest BCUT2D eigenvalue weighted by Crippen LogP contribution is -2.25. The van der Waals surface area contributed by atoms with Gasteiger partial charge in [0, 0.05) is 17.1 Å². The predicted molar refractivity (Wildman–Crippen MR) is 71.7 cm³/mol. The van der Waals surface area contributed by atoms with Crippen molar-refractivity contribution in [3.05, 3.63) is 42.1 Å². The molecule has 0 atom stereocenters. The zero-order chi connectivity index (χ0) is 12.4. The standard InChI is InChI=1S/C15H16N2O/c18-15(10-16-9-11-6-7-11)13-3-1-5-14-12(13)4-2-8-17-14/h1-5,8,11,16H,6-7,9-10H2. The first-order chi connectivity index (χ1) is 8.84. The minimum absolute atomic E-state index is 0.147. The van der Waals surface area contributed by atoms with E-state index in [0.29, 0.717) is 6.54 Å². The van der Waals surface area contributed by atoms with Gasteiger partial charge in [0.05, 0.1) is 12.1 Å². The molecule has 3 nitrogen and oxygen atoms in total. The second-order valence-corrected chi connectivity index (χ2v) is 4.87. The molecular weight excluding hydrogens is 224 g/mol. The number of fused-ring (bicyclic) bond motifs is 1. The van der Waals surface area contributed by atoms with Gasteiger partial charge in [-0.2, -0.15) is 0 Å². The fourth-order valence-corrected chi connectivity index (χ4v) is 2.15. The predicted octanol–water partition coefficient (Wildman–Crippen LogP) is 2.42. The zero-order valence-corrected chi connectivity index (χ0v) is 10.2. The van der Waals surface area contributed by atoms with Crippen LogP contribution < -0.4 is 5.32 Å². The van der Waals surface area contributed by atoms with Gasteiger partial charge in [-0.05, 0) is 37.4 Å². The van der Waals surface area contributed by atoms with E-state index in [1.165, 1.54) is 12.8 Å². The number of Topliss-reactive ketones (excluding diaryl/α,β-unsaturated/α-hetero) is 1. The van der Waals surface area contributed by atoms with E-state index in [0.717, 1.165) is 28.9 Å². The maximum absolute atomic E-state index is 12.2. The first-order valence-corrected chi connectivity index (χ1v) is 6.42. The highest BCUT2D eigenvalue weighted by Gasteiger charge is 2.20. The van der Waals surface area contributed by atoms with E-state index in [-0.39, 0.29) is 5.78 Å². The van der Waals surface area contributed by atoms with Gasteiger partial charge in [0.2, 0.25) is 0 Å². The van der Waals surface area contributed by atoms with Crippen molar-refractivity contribution < 1.29 is 4.79 Å². The summed E-state index contributed by atoms with van der Waals surface area (Å²) in [7, 11) is 0. The Bertz CT molecular complexity index is 570. The van der Waals surface area contributed by atoms with E-state index in [1.54, 1.807) is 6.20 Å². The smallest absolute Gasteiger partial charge is 0.177 e. The molecule has 1 saturated carbocycles. The summed E-state index contributed by atoms with van der Waals surface area (Å²) in [5, 5.41) is 4.18. The number of pyridine rings is 1. The first kappa shape index (κ1) is 11.4. The summed E-state index contributed by atoms with van der Waals surface area (Å²) < 4.78 is 0. The highest BCUT2D eigenvalue weighted by Crippen LogP contribution is 2.27. The van der Waals surface area contributed by atoms with Crippen LogP contribution in [0.3, 0.4) is 0 Å². The van der Waals surface area contributed by atoms with E-state index in [2.05, 4.69) is 10.3 Å².